The van der Waals surface area contributed by atoms with Crippen LogP contribution in [0.15, 0.2) is 22.5 Å². The molecule has 0 bridgehead atoms. The third-order valence-electron chi connectivity index (χ3n) is 3.33. The third-order valence-corrected chi connectivity index (χ3v) is 6.77. The highest BCUT2D eigenvalue weighted by Crippen LogP contribution is 2.63. The lowest BCUT2D eigenvalue weighted by Crippen LogP contribution is -2.14. The second kappa shape index (κ2) is 3.00. The molecule has 0 N–H and O–H groups in total. The van der Waals surface area contributed by atoms with Crippen molar-refractivity contribution in [1.29, 1.82) is 0 Å². The van der Waals surface area contributed by atoms with Crippen molar-refractivity contribution in [2.24, 2.45) is 0 Å². The van der Waals surface area contributed by atoms with Crippen molar-refractivity contribution in [3.8, 4) is 0 Å². The van der Waals surface area contributed by atoms with Crippen LogP contribution in [0.3, 0.4) is 0 Å². The van der Waals surface area contributed by atoms with Crippen LogP contribution in [0.2, 0.25) is 0 Å². The summed E-state index contributed by atoms with van der Waals surface area (Å²) in [5, 5.41) is 0. The van der Waals surface area contributed by atoms with Crippen LogP contribution in [0.1, 0.15) is 27.7 Å². The van der Waals surface area contributed by atoms with Crippen molar-refractivity contribution in [2.75, 3.05) is 13.3 Å². The molecule has 1 heteroatoms. The highest BCUT2D eigenvalue weighted by Gasteiger charge is 2.36. The van der Waals surface area contributed by atoms with E-state index in [1.54, 1.807) is 5.57 Å². The molecule has 0 aromatic rings. The third kappa shape index (κ3) is 1.50. The number of hydrogen-bond donors (Lipinski definition) is 0. The number of hydrogen-bond acceptors (Lipinski definition) is 0. The normalized spacial score (nSPS) is 28.8. The Morgan fingerprint density at radius 3 is 2.17 bits per heavy atom. The summed E-state index contributed by atoms with van der Waals surface area (Å²) >= 11 is 0. The fourth-order valence-electron chi connectivity index (χ4n) is 1.83. The molecule has 0 amide bonds. The smallest absolute Gasteiger partial charge is 0.0421 e. The van der Waals surface area contributed by atoms with E-state index < -0.39 is 7.26 Å². The molecule has 1 aliphatic heterocycles. The molecule has 0 fully saturated rings. The van der Waals surface area contributed by atoms with Gasteiger partial charge in [-0.3, -0.25) is 0 Å². The Morgan fingerprint density at radius 1 is 1.17 bits per heavy atom. The van der Waals surface area contributed by atoms with Gasteiger partial charge < -0.3 is 0 Å². The zero-order valence-electron chi connectivity index (χ0n) is 9.10. The minimum Gasteiger partial charge on any atom is -0.0421 e. The lowest BCUT2D eigenvalue weighted by atomic mass is 10.0. The second-order valence-corrected chi connectivity index (χ2v) is 8.72. The minimum atomic E-state index is -0.797. The van der Waals surface area contributed by atoms with E-state index in [4.69, 9.17) is 0 Å². The molecule has 0 radical (unpaired) electrons. The monoisotopic (exact) mass is 183 g/mol. The molecule has 0 saturated carbocycles. The zero-order chi connectivity index (χ0) is 9.52. The molecular formula is C11H20P+. The SMILES string of the molecule is CC1=C[P+](C)(C)C(C)C(C)=C1C. The van der Waals surface area contributed by atoms with Crippen LogP contribution >= 0.6 is 7.26 Å². The Kier molecular flexibility index (Phi) is 2.50. The first-order chi connectivity index (χ1) is 5.36. The van der Waals surface area contributed by atoms with Gasteiger partial charge in [0.25, 0.3) is 0 Å². The van der Waals surface area contributed by atoms with Crippen LogP contribution < -0.4 is 0 Å². The zero-order valence-corrected chi connectivity index (χ0v) is 10.00. The molecule has 1 heterocycles. The standard InChI is InChI=1S/C11H20P/c1-8-7-12(5,6)11(4)10(3)9(8)2/h7,11H,1-6H3/q+1. The molecule has 1 aliphatic rings. The first-order valence-electron chi connectivity index (χ1n) is 4.57. The minimum absolute atomic E-state index is 0.793. The van der Waals surface area contributed by atoms with Gasteiger partial charge in [-0.25, -0.2) is 0 Å². The first kappa shape index (κ1) is 9.99. The summed E-state index contributed by atoms with van der Waals surface area (Å²) in [6.07, 6.45) is 0. The summed E-state index contributed by atoms with van der Waals surface area (Å²) in [6, 6.07) is 0. The van der Waals surface area contributed by atoms with Crippen LogP contribution in [-0.4, -0.2) is 19.0 Å². The molecule has 0 saturated heterocycles. The fraction of sp³-hybridized carbons (Fsp3) is 0.636. The van der Waals surface area contributed by atoms with Gasteiger partial charge in [-0.1, -0.05) is 0 Å². The molecule has 68 valence electrons. The lowest BCUT2D eigenvalue weighted by Gasteiger charge is -2.29. The molecule has 1 atom stereocenters. The van der Waals surface area contributed by atoms with Crippen LogP contribution in [0.25, 0.3) is 0 Å². The number of rotatable bonds is 0. The lowest BCUT2D eigenvalue weighted by molar-refractivity contribution is 1.04. The maximum atomic E-state index is 2.51. The van der Waals surface area contributed by atoms with E-state index >= 15 is 0 Å². The first-order valence-corrected chi connectivity index (χ1v) is 7.39. The molecule has 0 nitrogen and oxygen atoms in total. The summed E-state index contributed by atoms with van der Waals surface area (Å²) in [7, 11) is -0.797. The van der Waals surface area contributed by atoms with E-state index in [2.05, 4.69) is 46.8 Å². The van der Waals surface area contributed by atoms with Gasteiger partial charge in [0.15, 0.2) is 0 Å². The molecule has 0 spiro atoms. The van der Waals surface area contributed by atoms with E-state index in [9.17, 15) is 0 Å². The van der Waals surface area contributed by atoms with E-state index in [1.807, 2.05) is 0 Å². The van der Waals surface area contributed by atoms with Crippen LogP contribution in [0, 0.1) is 0 Å². The largest absolute Gasteiger partial charge is 0.0916 e. The molecule has 0 aromatic heterocycles. The van der Waals surface area contributed by atoms with Crippen molar-refractivity contribution in [3.63, 3.8) is 0 Å². The molecule has 0 aliphatic carbocycles. The van der Waals surface area contributed by atoms with Gasteiger partial charge in [-0.05, 0) is 44.4 Å². The van der Waals surface area contributed by atoms with E-state index in [0.29, 0.717) is 0 Å². The molecule has 1 rings (SSSR count). The van der Waals surface area contributed by atoms with Gasteiger partial charge in [0.1, 0.15) is 0 Å². The average Bonchev–Trinajstić information content (AvgIpc) is 1.97. The van der Waals surface area contributed by atoms with Gasteiger partial charge in [-0.2, -0.15) is 0 Å². The Morgan fingerprint density at radius 2 is 1.67 bits per heavy atom. The van der Waals surface area contributed by atoms with Gasteiger partial charge in [0.05, 0.1) is 24.8 Å². The maximum Gasteiger partial charge on any atom is 0.0916 e. The van der Waals surface area contributed by atoms with Crippen LogP contribution in [0.5, 0.6) is 0 Å². The maximum absolute atomic E-state index is 2.51. The molecule has 0 aromatic carbocycles. The van der Waals surface area contributed by atoms with Crippen molar-refractivity contribution in [3.05, 3.63) is 22.5 Å². The Labute approximate surface area is 77.1 Å². The highest BCUT2D eigenvalue weighted by molar-refractivity contribution is 7.78. The molecule has 12 heavy (non-hydrogen) atoms. The summed E-state index contributed by atoms with van der Waals surface area (Å²) in [5.74, 6) is 2.51. The Hall–Kier alpha value is -0.0900. The fourth-order valence-corrected chi connectivity index (χ4v) is 4.44. The van der Waals surface area contributed by atoms with Gasteiger partial charge >= 0.3 is 0 Å². The van der Waals surface area contributed by atoms with E-state index in [1.165, 1.54) is 11.1 Å². The average molecular weight is 183 g/mol. The molecule has 1 unspecified atom stereocenters. The summed E-state index contributed by atoms with van der Waals surface area (Å²) in [6.45, 7) is 14.0. The predicted molar refractivity (Wildman–Crippen MR) is 60.4 cm³/mol. The summed E-state index contributed by atoms with van der Waals surface area (Å²) in [5.41, 5.74) is 5.42. The van der Waals surface area contributed by atoms with Gasteiger partial charge in [-0.15, -0.1) is 0 Å². The Bertz CT molecular complexity index is 256. The number of allylic oxidation sites excluding steroid dienone is 3. The van der Waals surface area contributed by atoms with Crippen molar-refractivity contribution in [2.45, 2.75) is 33.4 Å². The Balaban J connectivity index is 3.15. The second-order valence-electron chi connectivity index (χ2n) is 4.43. The topological polar surface area (TPSA) is 0 Å². The van der Waals surface area contributed by atoms with E-state index in [0.717, 1.165) is 5.66 Å². The van der Waals surface area contributed by atoms with E-state index in [-0.39, 0.29) is 0 Å². The quantitative estimate of drug-likeness (QED) is 0.499. The van der Waals surface area contributed by atoms with Gasteiger partial charge in [0.2, 0.25) is 0 Å². The van der Waals surface area contributed by atoms with Crippen molar-refractivity contribution >= 4 is 7.26 Å². The highest BCUT2D eigenvalue weighted by atomic mass is 31.2. The molecular weight excluding hydrogens is 163 g/mol. The van der Waals surface area contributed by atoms with Crippen LogP contribution in [-0.2, 0) is 0 Å². The van der Waals surface area contributed by atoms with Crippen molar-refractivity contribution in [1.82, 2.24) is 0 Å². The van der Waals surface area contributed by atoms with Crippen LogP contribution in [0.4, 0.5) is 0 Å². The summed E-state index contributed by atoms with van der Waals surface area (Å²) < 4.78 is 0. The van der Waals surface area contributed by atoms with Gasteiger partial charge in [0, 0.05) is 7.26 Å². The predicted octanol–water partition coefficient (Wildman–Crippen LogP) is 3.91. The summed E-state index contributed by atoms with van der Waals surface area (Å²) in [4.78, 5) is 0. The van der Waals surface area contributed by atoms with Crippen molar-refractivity contribution < 1.29 is 0 Å².